The highest BCUT2D eigenvalue weighted by Crippen LogP contribution is 2.17. The van der Waals surface area contributed by atoms with E-state index in [4.69, 9.17) is 14.2 Å². The Morgan fingerprint density at radius 2 is 0.520 bits per heavy atom. The van der Waals surface area contributed by atoms with E-state index in [9.17, 15) is 14.4 Å². The Morgan fingerprint density at radius 3 is 0.840 bits per heavy atom. The van der Waals surface area contributed by atoms with E-state index in [-0.39, 0.29) is 31.1 Å². The lowest BCUT2D eigenvalue weighted by Gasteiger charge is -2.18. The van der Waals surface area contributed by atoms with Crippen molar-refractivity contribution in [2.45, 2.75) is 335 Å². The zero-order valence-electron chi connectivity index (χ0n) is 49.8. The van der Waals surface area contributed by atoms with Gasteiger partial charge in [0.25, 0.3) is 0 Å². The first-order valence-electron chi connectivity index (χ1n) is 32.4. The second kappa shape index (κ2) is 63.4. The Hall–Kier alpha value is -3.15. The number of ether oxygens (including phenoxy) is 3. The number of esters is 3. The van der Waals surface area contributed by atoms with Crippen LogP contribution in [0.5, 0.6) is 0 Å². The van der Waals surface area contributed by atoms with Gasteiger partial charge in [0.15, 0.2) is 6.10 Å². The molecule has 0 saturated carbocycles. The molecule has 0 N–H and O–H groups in total. The Labute approximate surface area is 465 Å². The summed E-state index contributed by atoms with van der Waals surface area (Å²) in [6.45, 7) is 6.54. The van der Waals surface area contributed by atoms with Gasteiger partial charge in [0, 0.05) is 19.3 Å². The van der Waals surface area contributed by atoms with Gasteiger partial charge in [-0.3, -0.25) is 14.4 Å². The molecule has 75 heavy (non-hydrogen) atoms. The summed E-state index contributed by atoms with van der Waals surface area (Å²) in [5.74, 6) is -0.899. The quantitative estimate of drug-likeness (QED) is 0.0261. The molecule has 0 aliphatic heterocycles. The zero-order chi connectivity index (χ0) is 54.3. The molecule has 0 fully saturated rings. The average Bonchev–Trinajstić information content (AvgIpc) is 3.41. The second-order valence-electron chi connectivity index (χ2n) is 21.6. The molecule has 0 spiro atoms. The van der Waals surface area contributed by atoms with E-state index < -0.39 is 6.10 Å². The van der Waals surface area contributed by atoms with Crippen LogP contribution in [0.3, 0.4) is 0 Å². The first-order chi connectivity index (χ1) is 37.0. The maximum absolute atomic E-state index is 12.9. The van der Waals surface area contributed by atoms with E-state index >= 15 is 0 Å². The minimum Gasteiger partial charge on any atom is -0.462 e. The first-order valence-corrected chi connectivity index (χ1v) is 32.4. The van der Waals surface area contributed by atoms with Gasteiger partial charge >= 0.3 is 17.9 Å². The molecule has 0 aromatic rings. The van der Waals surface area contributed by atoms with Crippen LogP contribution < -0.4 is 0 Å². The lowest BCUT2D eigenvalue weighted by molar-refractivity contribution is -0.167. The highest BCUT2D eigenvalue weighted by Gasteiger charge is 2.19. The minimum absolute atomic E-state index is 0.0832. The number of unbranched alkanes of at least 4 members (excludes halogenated alkanes) is 36. The van der Waals surface area contributed by atoms with Crippen LogP contribution >= 0.6 is 0 Å². The third kappa shape index (κ3) is 61.6. The Morgan fingerprint density at radius 1 is 0.280 bits per heavy atom. The fourth-order valence-corrected chi connectivity index (χ4v) is 9.35. The molecule has 0 saturated heterocycles. The molecule has 0 aromatic carbocycles. The van der Waals surface area contributed by atoms with Gasteiger partial charge < -0.3 is 14.2 Å². The van der Waals surface area contributed by atoms with E-state index in [0.717, 1.165) is 96.3 Å². The summed E-state index contributed by atoms with van der Waals surface area (Å²) in [4.78, 5) is 38.3. The average molecular weight is 1050 g/mol. The number of hydrogen-bond acceptors (Lipinski definition) is 6. The van der Waals surface area contributed by atoms with Crippen LogP contribution in [0, 0.1) is 0 Å². The molecule has 0 aliphatic rings. The molecule has 434 valence electrons. The number of carbonyl (C=O) groups is 3. The van der Waals surface area contributed by atoms with E-state index in [1.54, 1.807) is 0 Å². The van der Waals surface area contributed by atoms with E-state index in [1.165, 1.54) is 193 Å². The fourth-order valence-electron chi connectivity index (χ4n) is 9.35. The lowest BCUT2D eigenvalue weighted by Crippen LogP contribution is -2.30. The lowest BCUT2D eigenvalue weighted by atomic mass is 10.0. The van der Waals surface area contributed by atoms with Gasteiger partial charge in [0.05, 0.1) is 0 Å². The third-order valence-corrected chi connectivity index (χ3v) is 14.2. The molecule has 0 unspecified atom stereocenters. The summed E-state index contributed by atoms with van der Waals surface area (Å²) in [7, 11) is 0. The van der Waals surface area contributed by atoms with Gasteiger partial charge in [-0.25, -0.2) is 0 Å². The van der Waals surface area contributed by atoms with Crippen LogP contribution in [0.1, 0.15) is 329 Å². The minimum atomic E-state index is -0.789. The molecule has 0 bridgehead atoms. The number of allylic oxidation sites excluding steroid dienone is 12. The third-order valence-electron chi connectivity index (χ3n) is 14.2. The van der Waals surface area contributed by atoms with Crippen LogP contribution in [0.25, 0.3) is 0 Å². The van der Waals surface area contributed by atoms with Crippen molar-refractivity contribution in [3.63, 3.8) is 0 Å². The van der Waals surface area contributed by atoms with Gasteiger partial charge in [-0.2, -0.15) is 0 Å². The summed E-state index contributed by atoms with van der Waals surface area (Å²) in [6, 6.07) is 0. The van der Waals surface area contributed by atoms with Crippen molar-refractivity contribution in [3.8, 4) is 0 Å². The standard InChI is InChI=1S/C69H122O6/c1-4-7-10-13-16-19-22-25-28-31-33-34-36-39-41-44-47-50-53-56-59-62-68(71)74-65-66(75-69(72)63-60-57-54-51-48-45-42-37-30-27-24-21-18-15-12-9-6-3)64-73-67(70)61-58-55-52-49-46-43-40-38-35-32-29-26-23-20-17-14-11-8-5-2/h8,11,17,20,25-26,28-29,35,38,43,46,66H,4-7,9-10,12-16,18-19,21-24,27,30-34,36-37,39-42,44-45,47-65H2,1-3H3/b11-8-,20-17-,28-25-,29-26-,38-35-,46-43-/t66-/m1/s1. The van der Waals surface area contributed by atoms with Gasteiger partial charge in [-0.1, -0.05) is 293 Å². The Bertz CT molecular complexity index is 1390. The normalized spacial score (nSPS) is 12.5. The van der Waals surface area contributed by atoms with Gasteiger partial charge in [0.1, 0.15) is 13.2 Å². The highest BCUT2D eigenvalue weighted by atomic mass is 16.6. The van der Waals surface area contributed by atoms with E-state index in [0.29, 0.717) is 19.3 Å². The Balaban J connectivity index is 4.39. The smallest absolute Gasteiger partial charge is 0.306 e. The van der Waals surface area contributed by atoms with E-state index in [2.05, 4.69) is 93.7 Å². The van der Waals surface area contributed by atoms with Crippen molar-refractivity contribution >= 4 is 17.9 Å². The topological polar surface area (TPSA) is 78.9 Å². The van der Waals surface area contributed by atoms with Crippen LogP contribution in [-0.4, -0.2) is 37.2 Å². The molecule has 6 nitrogen and oxygen atoms in total. The van der Waals surface area contributed by atoms with Crippen molar-refractivity contribution in [1.29, 1.82) is 0 Å². The summed E-state index contributed by atoms with van der Waals surface area (Å²) in [6.07, 6.45) is 81.9. The van der Waals surface area contributed by atoms with Gasteiger partial charge in [0.2, 0.25) is 0 Å². The summed E-state index contributed by atoms with van der Waals surface area (Å²) >= 11 is 0. The van der Waals surface area contributed by atoms with Gasteiger partial charge in [-0.05, 0) is 89.9 Å². The predicted molar refractivity (Wildman–Crippen MR) is 325 cm³/mol. The summed E-state index contributed by atoms with van der Waals surface area (Å²) in [5.41, 5.74) is 0. The molecule has 6 heteroatoms. The van der Waals surface area contributed by atoms with Crippen molar-refractivity contribution in [3.05, 3.63) is 72.9 Å². The highest BCUT2D eigenvalue weighted by molar-refractivity contribution is 5.71. The maximum Gasteiger partial charge on any atom is 0.306 e. The molecule has 1 atom stereocenters. The van der Waals surface area contributed by atoms with Gasteiger partial charge in [-0.15, -0.1) is 0 Å². The molecule has 0 rings (SSSR count). The van der Waals surface area contributed by atoms with Crippen LogP contribution in [0.15, 0.2) is 72.9 Å². The van der Waals surface area contributed by atoms with Crippen LogP contribution in [0.4, 0.5) is 0 Å². The fraction of sp³-hybridized carbons (Fsp3) is 0.783. The maximum atomic E-state index is 12.9. The molecule has 0 amide bonds. The predicted octanol–water partition coefficient (Wildman–Crippen LogP) is 22.1. The second-order valence-corrected chi connectivity index (χ2v) is 21.6. The summed E-state index contributed by atoms with van der Waals surface area (Å²) < 4.78 is 16.9. The van der Waals surface area contributed by atoms with E-state index in [1.807, 2.05) is 0 Å². The SMILES string of the molecule is CC/C=C\C/C=C\C/C=C\C/C=C\C/C=C\CCCCCC(=O)OC[C@H](COC(=O)CCCCCCCCCCCCC/C=C\CCCCCCCC)OC(=O)CCCCCCCCCCCCCCCCCCC. The number of carbonyl (C=O) groups excluding carboxylic acids is 3. The molecular weight excluding hydrogens is 925 g/mol. The van der Waals surface area contributed by atoms with Crippen LogP contribution in [0.2, 0.25) is 0 Å². The summed E-state index contributed by atoms with van der Waals surface area (Å²) in [5, 5.41) is 0. The number of hydrogen-bond donors (Lipinski definition) is 0. The Kier molecular flexibility index (Phi) is 60.7. The molecule has 0 aliphatic carbocycles. The van der Waals surface area contributed by atoms with Crippen molar-refractivity contribution in [2.75, 3.05) is 13.2 Å². The van der Waals surface area contributed by atoms with Crippen molar-refractivity contribution < 1.29 is 28.6 Å². The molecular formula is C69H122O6. The first kappa shape index (κ1) is 71.8. The van der Waals surface area contributed by atoms with Crippen LogP contribution in [-0.2, 0) is 28.6 Å². The zero-order valence-corrected chi connectivity index (χ0v) is 49.8. The monoisotopic (exact) mass is 1050 g/mol. The molecule has 0 heterocycles. The largest absolute Gasteiger partial charge is 0.462 e. The number of rotatable bonds is 59. The molecule has 0 aromatic heterocycles. The van der Waals surface area contributed by atoms with Crippen molar-refractivity contribution in [2.24, 2.45) is 0 Å². The van der Waals surface area contributed by atoms with Crippen molar-refractivity contribution in [1.82, 2.24) is 0 Å². The molecule has 0 radical (unpaired) electrons.